The number of aromatic nitrogens is 5. The first-order chi connectivity index (χ1) is 25.1. The molecule has 0 fully saturated rings. The van der Waals surface area contributed by atoms with E-state index in [1.165, 1.54) is 0 Å². The third kappa shape index (κ3) is 4.50. The zero-order chi connectivity index (χ0) is 34.1. The molecule has 0 saturated heterocycles. The summed E-state index contributed by atoms with van der Waals surface area (Å²) in [7, 11) is 0. The third-order valence-corrected chi connectivity index (χ3v) is 10.1. The highest BCUT2D eigenvalue weighted by atomic mass is 16.5. The van der Waals surface area contributed by atoms with Gasteiger partial charge in [-0.2, -0.15) is 0 Å². The molecule has 0 aliphatic carbocycles. The van der Waals surface area contributed by atoms with E-state index in [2.05, 4.69) is 115 Å². The molecule has 0 radical (unpaired) electrons. The zero-order valence-corrected chi connectivity index (χ0v) is 28.1. The SMILES string of the molecule is CC1(C)c2ncccc2Oc2c1c1ccccc1c1c3cccnc3n(-c3nc(-c4ccccc4)cc(-c4cccc(-c5ccccc5)c4)n3)c21. The highest BCUT2D eigenvalue weighted by Gasteiger charge is 2.40. The average Bonchev–Trinajstić information content (AvgIpc) is 3.54. The van der Waals surface area contributed by atoms with Crippen LogP contribution in [-0.2, 0) is 5.41 Å². The van der Waals surface area contributed by atoms with Crippen LogP contribution >= 0.6 is 0 Å². The maximum absolute atomic E-state index is 6.95. The Morgan fingerprint density at radius 2 is 1.18 bits per heavy atom. The fourth-order valence-electron chi connectivity index (χ4n) is 7.78. The van der Waals surface area contributed by atoms with Crippen LogP contribution in [0.3, 0.4) is 0 Å². The van der Waals surface area contributed by atoms with Crippen molar-refractivity contribution < 1.29 is 4.74 Å². The minimum Gasteiger partial charge on any atom is -0.453 e. The van der Waals surface area contributed by atoms with Gasteiger partial charge < -0.3 is 4.74 Å². The van der Waals surface area contributed by atoms with Crippen LogP contribution in [0.5, 0.6) is 11.5 Å². The molecule has 0 atom stereocenters. The standard InChI is InChI=1S/C45H31N5O/c1-45(2)39-33-21-10-9-20-32(33)38-34-22-12-25-47-43(34)50(40(38)41(39)51-37-23-13-24-46-42(37)45)44-48-35(29-16-7-4-8-17-29)27-36(49-44)31-19-11-18-30(26-31)28-14-5-3-6-15-28/h3-27H,1-2H3. The number of rotatable bonds is 4. The van der Waals surface area contributed by atoms with Gasteiger partial charge in [0.2, 0.25) is 5.95 Å². The van der Waals surface area contributed by atoms with E-state index in [0.29, 0.717) is 5.95 Å². The molecule has 0 bridgehead atoms. The molecule has 1 aliphatic rings. The minimum absolute atomic E-state index is 0.456. The first kappa shape index (κ1) is 29.3. The maximum atomic E-state index is 6.95. The first-order valence-electron chi connectivity index (χ1n) is 17.1. The van der Waals surface area contributed by atoms with Crippen LogP contribution in [0.15, 0.2) is 152 Å². The van der Waals surface area contributed by atoms with Crippen molar-refractivity contribution in [2.75, 3.05) is 0 Å². The van der Waals surface area contributed by atoms with E-state index in [-0.39, 0.29) is 0 Å². The fraction of sp³-hybridized carbons (Fsp3) is 0.0667. The summed E-state index contributed by atoms with van der Waals surface area (Å²) < 4.78 is 9.06. The smallest absolute Gasteiger partial charge is 0.237 e. The van der Waals surface area contributed by atoms with E-state index in [4.69, 9.17) is 24.7 Å². The Labute approximate surface area is 294 Å². The van der Waals surface area contributed by atoms with Gasteiger partial charge in [0.15, 0.2) is 5.75 Å². The highest BCUT2D eigenvalue weighted by Crippen LogP contribution is 2.54. The predicted molar refractivity (Wildman–Crippen MR) is 204 cm³/mol. The number of ether oxygens (including phenoxy) is 1. The molecule has 6 heteroatoms. The Hall–Kier alpha value is -6.66. The normalized spacial score (nSPS) is 13.2. The molecule has 6 nitrogen and oxygen atoms in total. The molecule has 0 amide bonds. The van der Waals surface area contributed by atoms with Gasteiger partial charge in [0.05, 0.1) is 17.1 Å². The van der Waals surface area contributed by atoms with E-state index < -0.39 is 5.41 Å². The summed E-state index contributed by atoms with van der Waals surface area (Å²) in [4.78, 5) is 20.5. The van der Waals surface area contributed by atoms with Gasteiger partial charge in [-0.05, 0) is 72.1 Å². The van der Waals surface area contributed by atoms with Gasteiger partial charge in [-0.25, -0.2) is 15.0 Å². The summed E-state index contributed by atoms with van der Waals surface area (Å²) in [5.74, 6) is 2.04. The van der Waals surface area contributed by atoms with Crippen molar-refractivity contribution in [2.45, 2.75) is 19.3 Å². The van der Waals surface area contributed by atoms with Crippen LogP contribution in [0.1, 0.15) is 25.1 Å². The molecule has 4 aromatic heterocycles. The van der Waals surface area contributed by atoms with Gasteiger partial charge in [-0.15, -0.1) is 0 Å². The summed E-state index contributed by atoms with van der Waals surface area (Å²) >= 11 is 0. The van der Waals surface area contributed by atoms with Crippen LogP contribution in [0, 0.1) is 0 Å². The van der Waals surface area contributed by atoms with Crippen molar-refractivity contribution in [2.24, 2.45) is 0 Å². The molecule has 5 aromatic carbocycles. The van der Waals surface area contributed by atoms with Crippen molar-refractivity contribution in [3.05, 3.63) is 163 Å². The molecule has 1 aliphatic heterocycles. The quantitative estimate of drug-likeness (QED) is 0.188. The van der Waals surface area contributed by atoms with E-state index in [0.717, 1.165) is 89.1 Å². The molecular weight excluding hydrogens is 627 g/mol. The number of hydrogen-bond donors (Lipinski definition) is 0. The number of benzene rings is 5. The largest absolute Gasteiger partial charge is 0.453 e. The molecule has 242 valence electrons. The van der Waals surface area contributed by atoms with Crippen molar-refractivity contribution in [1.82, 2.24) is 24.5 Å². The van der Waals surface area contributed by atoms with E-state index in [1.807, 2.05) is 54.9 Å². The van der Waals surface area contributed by atoms with Crippen LogP contribution in [0.25, 0.3) is 72.3 Å². The molecule has 10 rings (SSSR count). The molecule has 0 spiro atoms. The zero-order valence-electron chi connectivity index (χ0n) is 28.1. The van der Waals surface area contributed by atoms with Crippen LogP contribution in [-0.4, -0.2) is 24.5 Å². The summed E-state index contributed by atoms with van der Waals surface area (Å²) in [5, 5.41) is 4.30. The van der Waals surface area contributed by atoms with Crippen LogP contribution in [0.2, 0.25) is 0 Å². The number of hydrogen-bond acceptors (Lipinski definition) is 5. The average molecular weight is 658 g/mol. The fourth-order valence-corrected chi connectivity index (χ4v) is 7.78. The van der Waals surface area contributed by atoms with Crippen molar-refractivity contribution >= 4 is 32.7 Å². The number of fused-ring (bicyclic) bond motifs is 9. The van der Waals surface area contributed by atoms with Gasteiger partial charge in [-0.1, -0.05) is 103 Å². The lowest BCUT2D eigenvalue weighted by Gasteiger charge is -2.35. The molecule has 0 N–H and O–H groups in total. The van der Waals surface area contributed by atoms with Crippen molar-refractivity contribution in [1.29, 1.82) is 0 Å². The maximum Gasteiger partial charge on any atom is 0.237 e. The summed E-state index contributed by atoms with van der Waals surface area (Å²) in [5.41, 5.74) is 9.08. The lowest BCUT2D eigenvalue weighted by atomic mass is 9.75. The second-order valence-corrected chi connectivity index (χ2v) is 13.5. The summed E-state index contributed by atoms with van der Waals surface area (Å²) in [6.45, 7) is 4.46. The number of nitrogens with zero attached hydrogens (tertiary/aromatic N) is 5. The second kappa shape index (κ2) is 11.2. The lowest BCUT2D eigenvalue weighted by molar-refractivity contribution is 0.415. The van der Waals surface area contributed by atoms with E-state index >= 15 is 0 Å². The van der Waals surface area contributed by atoms with Gasteiger partial charge in [0.1, 0.15) is 16.9 Å². The van der Waals surface area contributed by atoms with Gasteiger partial charge in [0.25, 0.3) is 0 Å². The molecular formula is C45H31N5O. The van der Waals surface area contributed by atoms with Crippen LogP contribution < -0.4 is 4.74 Å². The monoisotopic (exact) mass is 657 g/mol. The van der Waals surface area contributed by atoms with Gasteiger partial charge in [-0.3, -0.25) is 9.55 Å². The van der Waals surface area contributed by atoms with Gasteiger partial charge in [0, 0.05) is 45.3 Å². The topological polar surface area (TPSA) is 65.7 Å². The summed E-state index contributed by atoms with van der Waals surface area (Å²) in [6, 6.07) is 48.0. The Bertz CT molecular complexity index is 2810. The Morgan fingerprint density at radius 1 is 0.549 bits per heavy atom. The van der Waals surface area contributed by atoms with Crippen LogP contribution in [0.4, 0.5) is 0 Å². The second-order valence-electron chi connectivity index (χ2n) is 13.5. The molecule has 0 unspecified atom stereocenters. The van der Waals surface area contributed by atoms with E-state index in [1.54, 1.807) is 0 Å². The Balaban J connectivity index is 1.33. The predicted octanol–water partition coefficient (Wildman–Crippen LogP) is 10.9. The highest BCUT2D eigenvalue weighted by molar-refractivity contribution is 6.23. The van der Waals surface area contributed by atoms with Crippen molar-refractivity contribution in [3.8, 4) is 51.1 Å². The Kier molecular flexibility index (Phi) is 6.42. The minimum atomic E-state index is -0.456. The molecule has 9 aromatic rings. The Morgan fingerprint density at radius 3 is 1.98 bits per heavy atom. The molecule has 0 saturated carbocycles. The van der Waals surface area contributed by atoms with Crippen molar-refractivity contribution in [3.63, 3.8) is 0 Å². The molecule has 51 heavy (non-hydrogen) atoms. The molecule has 5 heterocycles. The first-order valence-corrected chi connectivity index (χ1v) is 17.1. The van der Waals surface area contributed by atoms with E-state index in [9.17, 15) is 0 Å². The van der Waals surface area contributed by atoms with Gasteiger partial charge >= 0.3 is 0 Å². The third-order valence-electron chi connectivity index (χ3n) is 10.1. The lowest BCUT2D eigenvalue weighted by Crippen LogP contribution is -2.26. The summed E-state index contributed by atoms with van der Waals surface area (Å²) in [6.07, 6.45) is 3.68. The number of pyridine rings is 2.